The van der Waals surface area contributed by atoms with Gasteiger partial charge in [-0.1, -0.05) is 47.2 Å². The van der Waals surface area contributed by atoms with E-state index in [9.17, 15) is 18.4 Å². The quantitative estimate of drug-likeness (QED) is 0.143. The normalized spacial score (nSPS) is 12.0. The number of anilines is 1. The van der Waals surface area contributed by atoms with Crippen LogP contribution in [-0.4, -0.2) is 39.4 Å². The second-order valence-electron chi connectivity index (χ2n) is 7.63. The largest absolute Gasteiger partial charge is 0.493 e. The fraction of sp³-hybridized carbons (Fsp3) is 0.280. The predicted octanol–water partition coefficient (Wildman–Crippen LogP) is 3.07. The zero-order chi connectivity index (χ0) is 25.1. The average Bonchev–Trinajstić information content (AvgIpc) is 2.85. The molecule has 9 nitrogen and oxygen atoms in total. The van der Waals surface area contributed by atoms with Crippen LogP contribution in [0.25, 0.3) is 0 Å². The number of rotatable bonds is 13. The minimum absolute atomic E-state index is 0.0310. The van der Waals surface area contributed by atoms with Crippen LogP contribution < -0.4 is 19.5 Å². The molecule has 2 aromatic carbocycles. The number of carbonyl (C=O) groups is 1. The zero-order valence-electron chi connectivity index (χ0n) is 19.5. The molecule has 186 valence electrons. The number of carbonyl (C=O) groups excluding carboxylic acids is 1. The van der Waals surface area contributed by atoms with Crippen molar-refractivity contribution in [3.8, 4) is 5.75 Å². The van der Waals surface area contributed by atoms with Gasteiger partial charge in [0.1, 0.15) is 11.9 Å². The Morgan fingerprint density at radius 1 is 1.06 bits per heavy atom. The van der Waals surface area contributed by atoms with Crippen LogP contribution in [0.1, 0.15) is 31.4 Å². The fourth-order valence-electron chi connectivity index (χ4n) is 3.34. The van der Waals surface area contributed by atoms with E-state index in [2.05, 4.69) is 10.0 Å². The molecule has 0 fully saturated rings. The Balaban J connectivity index is 1.61. The summed E-state index contributed by atoms with van der Waals surface area (Å²) < 4.78 is 40.6. The first-order chi connectivity index (χ1) is 16.9. The van der Waals surface area contributed by atoms with Crippen molar-refractivity contribution in [2.24, 2.45) is 0 Å². The average molecular weight is 501 g/mol. The number of nitrogens with zero attached hydrogens (tertiary/aromatic N) is 1. The van der Waals surface area contributed by atoms with Crippen LogP contribution in [0.2, 0.25) is 0 Å². The van der Waals surface area contributed by atoms with Gasteiger partial charge in [-0.2, -0.15) is 0 Å². The van der Waals surface area contributed by atoms with Crippen molar-refractivity contribution in [3.05, 3.63) is 84.6 Å². The second-order valence-corrected chi connectivity index (χ2v) is 9.34. The van der Waals surface area contributed by atoms with Crippen molar-refractivity contribution in [2.75, 3.05) is 25.1 Å². The van der Waals surface area contributed by atoms with Gasteiger partial charge in [-0.25, -0.2) is 13.1 Å². The van der Waals surface area contributed by atoms with Gasteiger partial charge >= 0.3 is 11.8 Å². The SMILES string of the molecule is CCOC(=O)CC(NS(=O)(=O)c1cccc(OCCCNc2cccc[n+]2O)c1)c1ccccc1. The highest BCUT2D eigenvalue weighted by Crippen LogP contribution is 2.23. The number of benzene rings is 2. The van der Waals surface area contributed by atoms with Crippen LogP contribution in [0.4, 0.5) is 5.82 Å². The van der Waals surface area contributed by atoms with E-state index in [0.29, 0.717) is 36.7 Å². The first-order valence-corrected chi connectivity index (χ1v) is 12.8. The second kappa shape index (κ2) is 12.7. The molecule has 0 aliphatic carbocycles. The van der Waals surface area contributed by atoms with E-state index in [1.165, 1.54) is 18.3 Å². The van der Waals surface area contributed by atoms with Gasteiger partial charge in [0.25, 0.3) is 0 Å². The summed E-state index contributed by atoms with van der Waals surface area (Å²) in [6, 6.07) is 19.6. The lowest BCUT2D eigenvalue weighted by atomic mass is 10.1. The highest BCUT2D eigenvalue weighted by Gasteiger charge is 2.24. The molecule has 0 amide bonds. The molecule has 1 heterocycles. The molecule has 35 heavy (non-hydrogen) atoms. The lowest BCUT2D eigenvalue weighted by Gasteiger charge is -2.19. The van der Waals surface area contributed by atoms with Crippen LogP contribution in [0.3, 0.4) is 0 Å². The molecule has 1 aromatic heterocycles. The number of nitrogens with one attached hydrogen (secondary N) is 2. The monoisotopic (exact) mass is 500 g/mol. The Kier molecular flexibility index (Phi) is 9.45. The number of hydrogen-bond acceptors (Lipinski definition) is 7. The van der Waals surface area contributed by atoms with Crippen molar-refractivity contribution in [2.45, 2.75) is 30.7 Å². The molecule has 0 aliphatic heterocycles. The molecule has 0 aliphatic rings. The zero-order valence-corrected chi connectivity index (χ0v) is 20.3. The molecule has 0 saturated heterocycles. The third-order valence-corrected chi connectivity index (χ3v) is 6.50. The minimum Gasteiger partial charge on any atom is -0.493 e. The molecule has 3 N–H and O–H groups in total. The molecule has 1 unspecified atom stereocenters. The Hall–Kier alpha value is -3.63. The molecule has 0 saturated carbocycles. The highest BCUT2D eigenvalue weighted by molar-refractivity contribution is 7.89. The van der Waals surface area contributed by atoms with Gasteiger partial charge in [0.2, 0.25) is 10.0 Å². The number of hydrogen-bond donors (Lipinski definition) is 3. The maximum absolute atomic E-state index is 13.1. The first kappa shape index (κ1) is 26.0. The highest BCUT2D eigenvalue weighted by atomic mass is 32.2. The molecule has 3 aromatic rings. The minimum atomic E-state index is -3.95. The van der Waals surface area contributed by atoms with Gasteiger partial charge in [-0.05, 0) is 30.7 Å². The maximum atomic E-state index is 13.1. The van der Waals surface area contributed by atoms with E-state index in [1.54, 1.807) is 61.5 Å². The topological polar surface area (TPSA) is 118 Å². The first-order valence-electron chi connectivity index (χ1n) is 11.3. The van der Waals surface area contributed by atoms with Crippen LogP contribution in [0, 0.1) is 0 Å². The molecule has 0 spiro atoms. The summed E-state index contributed by atoms with van der Waals surface area (Å²) in [5.41, 5.74) is 0.659. The number of sulfonamides is 1. The predicted molar refractivity (Wildman–Crippen MR) is 130 cm³/mol. The van der Waals surface area contributed by atoms with Crippen LogP contribution >= 0.6 is 0 Å². The third-order valence-electron chi connectivity index (χ3n) is 5.03. The number of pyridine rings is 1. The molecule has 1 atom stereocenters. The van der Waals surface area contributed by atoms with Gasteiger partial charge in [0, 0.05) is 18.6 Å². The van der Waals surface area contributed by atoms with Gasteiger partial charge < -0.3 is 14.7 Å². The maximum Gasteiger partial charge on any atom is 0.313 e. The van der Waals surface area contributed by atoms with E-state index < -0.39 is 22.0 Å². The van der Waals surface area contributed by atoms with E-state index in [-0.39, 0.29) is 17.9 Å². The van der Waals surface area contributed by atoms with Gasteiger partial charge in [0.05, 0.1) is 37.1 Å². The van der Waals surface area contributed by atoms with Gasteiger partial charge in [-0.3, -0.25) is 10.1 Å². The molecular formula is C25H30N3O6S+. The molecule has 0 radical (unpaired) electrons. The molecular weight excluding hydrogens is 470 g/mol. The summed E-state index contributed by atoms with van der Waals surface area (Å²) >= 11 is 0. The summed E-state index contributed by atoms with van der Waals surface area (Å²) in [6.07, 6.45) is 2.02. The molecule has 0 bridgehead atoms. The third kappa shape index (κ3) is 7.97. The summed E-state index contributed by atoms with van der Waals surface area (Å²) in [5, 5.41) is 12.8. The fourth-order valence-corrected chi connectivity index (χ4v) is 4.60. The lowest BCUT2D eigenvalue weighted by molar-refractivity contribution is -0.893. The lowest BCUT2D eigenvalue weighted by Crippen LogP contribution is -2.33. The van der Waals surface area contributed by atoms with Gasteiger partial charge in [0.15, 0.2) is 0 Å². The van der Waals surface area contributed by atoms with Crippen molar-refractivity contribution in [3.63, 3.8) is 0 Å². The summed E-state index contributed by atoms with van der Waals surface area (Å²) in [5.74, 6) is 0.478. The Morgan fingerprint density at radius 3 is 2.57 bits per heavy atom. The molecule has 3 rings (SSSR count). The van der Waals surface area contributed by atoms with Crippen LogP contribution in [0.15, 0.2) is 83.9 Å². The van der Waals surface area contributed by atoms with E-state index >= 15 is 0 Å². The molecule has 10 heteroatoms. The van der Waals surface area contributed by atoms with Crippen molar-refractivity contribution in [1.29, 1.82) is 0 Å². The van der Waals surface area contributed by atoms with Crippen molar-refractivity contribution in [1.82, 2.24) is 4.72 Å². The number of aromatic nitrogens is 1. The van der Waals surface area contributed by atoms with E-state index in [0.717, 1.165) is 4.73 Å². The van der Waals surface area contributed by atoms with Crippen LogP contribution in [0.5, 0.6) is 5.75 Å². The van der Waals surface area contributed by atoms with Crippen molar-refractivity contribution < 1.29 is 32.6 Å². The summed E-state index contributed by atoms with van der Waals surface area (Å²) in [7, 11) is -3.95. The Morgan fingerprint density at radius 2 is 1.83 bits per heavy atom. The number of ether oxygens (including phenoxy) is 2. The van der Waals surface area contributed by atoms with E-state index in [1.807, 2.05) is 6.07 Å². The van der Waals surface area contributed by atoms with Crippen molar-refractivity contribution >= 4 is 21.8 Å². The Bertz CT molecular complexity index is 1200. The number of esters is 1. The standard InChI is InChI=1S/C25H29N3O6S/c1-2-33-25(29)19-23(20-10-4-3-5-11-20)27-35(31,32)22-13-8-12-21(18-22)34-17-9-15-26-24-14-6-7-16-28(24)30/h3-8,10-14,16,18,23,27,30H,2,9,15,17,19H2,1H3/p+1. The van der Waals surface area contributed by atoms with Crippen LogP contribution in [-0.2, 0) is 19.6 Å². The van der Waals surface area contributed by atoms with Gasteiger partial charge in [-0.15, -0.1) is 0 Å². The Labute approximate surface area is 205 Å². The van der Waals surface area contributed by atoms with E-state index in [4.69, 9.17) is 9.47 Å². The summed E-state index contributed by atoms with van der Waals surface area (Å²) in [4.78, 5) is 12.1. The summed E-state index contributed by atoms with van der Waals surface area (Å²) in [6.45, 7) is 2.81. The smallest absolute Gasteiger partial charge is 0.313 e.